The molecule has 3 N–H and O–H groups in total. The molecule has 7 heteroatoms. The number of aromatic nitrogens is 3. The van der Waals surface area contributed by atoms with Gasteiger partial charge in [0.15, 0.2) is 0 Å². The van der Waals surface area contributed by atoms with Gasteiger partial charge in [-0.3, -0.25) is 0 Å². The van der Waals surface area contributed by atoms with E-state index in [1.54, 1.807) is 12.1 Å². The zero-order valence-electron chi connectivity index (χ0n) is 9.71. The molecule has 0 fully saturated rings. The van der Waals surface area contributed by atoms with E-state index >= 15 is 0 Å². The number of nitrogens with two attached hydrogens (primary N) is 1. The minimum Gasteiger partial charge on any atom is -0.323 e. The minimum absolute atomic E-state index is 0.403. The van der Waals surface area contributed by atoms with Crippen molar-refractivity contribution in [1.29, 1.82) is 5.26 Å². The molecule has 6 nitrogen and oxygen atoms in total. The monoisotopic (exact) mass is 272 g/mol. The number of anilines is 1. The zero-order chi connectivity index (χ0) is 13.4. The van der Waals surface area contributed by atoms with E-state index in [1.807, 2.05) is 12.1 Å². The number of benzene rings is 1. The molecule has 1 atom stereocenters. The van der Waals surface area contributed by atoms with Gasteiger partial charge in [-0.2, -0.15) is 15.3 Å². The molecule has 1 aromatic carbocycles. The van der Waals surface area contributed by atoms with Crippen LogP contribution in [0.3, 0.4) is 0 Å². The molecule has 2 aromatic rings. The minimum atomic E-state index is -0.644. The van der Waals surface area contributed by atoms with E-state index < -0.39 is 6.17 Å². The van der Waals surface area contributed by atoms with Gasteiger partial charge in [-0.05, 0) is 17.7 Å². The summed E-state index contributed by atoms with van der Waals surface area (Å²) in [6.07, 6.45) is 0.747. The van der Waals surface area contributed by atoms with Crippen molar-refractivity contribution in [2.45, 2.75) is 6.17 Å². The van der Waals surface area contributed by atoms with Crippen LogP contribution in [-0.2, 0) is 0 Å². The lowest BCUT2D eigenvalue weighted by molar-refractivity contribution is 0.542. The quantitative estimate of drug-likeness (QED) is 0.825. The molecule has 0 bridgehead atoms. The third kappa shape index (κ3) is 1.85. The molecule has 94 valence electrons. The first-order chi connectivity index (χ1) is 9.20. The number of hydrogen-bond acceptors (Lipinski definition) is 5. The topological polar surface area (TPSA) is 92.5 Å². The summed E-state index contributed by atoms with van der Waals surface area (Å²) in [5.41, 5.74) is 7.88. The van der Waals surface area contributed by atoms with Gasteiger partial charge in [0, 0.05) is 5.02 Å². The van der Waals surface area contributed by atoms with Crippen molar-refractivity contribution in [2.75, 3.05) is 5.32 Å². The standard InChI is InChI=1S/C12H9ClN6/c13-8-3-1-7(2-4-8)10-9(5-14)11(15)19-12(18-10)16-6-17-19/h1-4,6,11H,15H2,(H,16,17,18)/t11-/m1/s1. The van der Waals surface area contributed by atoms with Crippen LogP contribution in [0.1, 0.15) is 11.7 Å². The first-order valence-electron chi connectivity index (χ1n) is 5.53. The van der Waals surface area contributed by atoms with Gasteiger partial charge in [-0.1, -0.05) is 23.7 Å². The lowest BCUT2D eigenvalue weighted by Crippen LogP contribution is -2.29. The fourth-order valence-corrected chi connectivity index (χ4v) is 2.08. The maximum absolute atomic E-state index is 9.30. The third-order valence-corrected chi connectivity index (χ3v) is 3.14. The predicted molar refractivity (Wildman–Crippen MR) is 70.9 cm³/mol. The average molecular weight is 273 g/mol. The highest BCUT2D eigenvalue weighted by atomic mass is 35.5. The molecule has 0 aliphatic carbocycles. The number of fused-ring (bicyclic) bond motifs is 1. The van der Waals surface area contributed by atoms with Crippen molar-refractivity contribution in [3.05, 3.63) is 46.8 Å². The van der Waals surface area contributed by atoms with E-state index in [2.05, 4.69) is 21.5 Å². The van der Waals surface area contributed by atoms with Crippen molar-refractivity contribution in [3.8, 4) is 6.07 Å². The summed E-state index contributed by atoms with van der Waals surface area (Å²) < 4.78 is 1.47. The lowest BCUT2D eigenvalue weighted by atomic mass is 10.0. The van der Waals surface area contributed by atoms with Crippen LogP contribution in [0.25, 0.3) is 5.70 Å². The normalized spacial score (nSPS) is 17.6. The van der Waals surface area contributed by atoms with Crippen LogP contribution in [0, 0.1) is 11.3 Å². The third-order valence-electron chi connectivity index (χ3n) is 2.89. The molecule has 1 aliphatic heterocycles. The zero-order valence-corrected chi connectivity index (χ0v) is 10.5. The molecule has 2 heterocycles. The summed E-state index contributed by atoms with van der Waals surface area (Å²) in [4.78, 5) is 4.06. The predicted octanol–water partition coefficient (Wildman–Crippen LogP) is 1.75. The first-order valence-corrected chi connectivity index (χ1v) is 5.91. The number of halogens is 1. The summed E-state index contributed by atoms with van der Waals surface area (Å²) in [5.74, 6) is 0.511. The van der Waals surface area contributed by atoms with Crippen molar-refractivity contribution >= 4 is 23.2 Å². The van der Waals surface area contributed by atoms with Gasteiger partial charge in [0.2, 0.25) is 5.95 Å². The fraction of sp³-hybridized carbons (Fsp3) is 0.0833. The Bertz CT molecular complexity index is 694. The van der Waals surface area contributed by atoms with Crippen LogP contribution < -0.4 is 11.1 Å². The molecule has 0 spiro atoms. The first kappa shape index (κ1) is 11.7. The molecular weight excluding hydrogens is 264 g/mol. The van der Waals surface area contributed by atoms with E-state index in [-0.39, 0.29) is 0 Å². The Kier molecular flexibility index (Phi) is 2.71. The second kappa shape index (κ2) is 4.39. The van der Waals surface area contributed by atoms with Gasteiger partial charge in [-0.25, -0.2) is 4.68 Å². The summed E-state index contributed by atoms with van der Waals surface area (Å²) in [5, 5.41) is 17.0. The van der Waals surface area contributed by atoms with Crippen LogP contribution in [0.5, 0.6) is 0 Å². The molecule has 0 amide bonds. The van der Waals surface area contributed by atoms with Gasteiger partial charge in [-0.15, -0.1) is 0 Å². The fourth-order valence-electron chi connectivity index (χ4n) is 1.96. The summed E-state index contributed by atoms with van der Waals surface area (Å²) in [6.45, 7) is 0. The van der Waals surface area contributed by atoms with Gasteiger partial charge in [0.25, 0.3) is 0 Å². The van der Waals surface area contributed by atoms with Crippen LogP contribution >= 0.6 is 11.6 Å². The molecular formula is C12H9ClN6. The highest BCUT2D eigenvalue weighted by Crippen LogP contribution is 2.31. The molecule has 0 saturated heterocycles. The van der Waals surface area contributed by atoms with E-state index in [4.69, 9.17) is 17.3 Å². The SMILES string of the molecule is N#CC1=C(c2ccc(Cl)cc2)Nc2ncnn2[C@H]1N. The Hall–Kier alpha value is -2.36. The maximum Gasteiger partial charge on any atom is 0.227 e. The van der Waals surface area contributed by atoms with Gasteiger partial charge in [0.05, 0.1) is 11.3 Å². The summed E-state index contributed by atoms with van der Waals surface area (Å²) in [7, 11) is 0. The smallest absolute Gasteiger partial charge is 0.227 e. The molecule has 3 rings (SSSR count). The molecule has 19 heavy (non-hydrogen) atoms. The van der Waals surface area contributed by atoms with Crippen LogP contribution in [0.2, 0.25) is 5.02 Å². The van der Waals surface area contributed by atoms with E-state index in [1.165, 1.54) is 11.0 Å². The largest absolute Gasteiger partial charge is 0.323 e. The Morgan fingerprint density at radius 1 is 1.37 bits per heavy atom. The molecule has 1 aliphatic rings. The number of nitrogens with one attached hydrogen (secondary N) is 1. The summed E-state index contributed by atoms with van der Waals surface area (Å²) >= 11 is 5.86. The van der Waals surface area contributed by atoms with E-state index in [0.717, 1.165) is 5.56 Å². The average Bonchev–Trinajstić information content (AvgIpc) is 2.88. The van der Waals surface area contributed by atoms with E-state index in [9.17, 15) is 5.26 Å². The van der Waals surface area contributed by atoms with Gasteiger partial charge in [0.1, 0.15) is 18.6 Å². The summed E-state index contributed by atoms with van der Waals surface area (Å²) in [6, 6.07) is 9.27. The molecule has 1 aromatic heterocycles. The highest BCUT2D eigenvalue weighted by Gasteiger charge is 2.26. The van der Waals surface area contributed by atoms with Crippen molar-refractivity contribution in [1.82, 2.24) is 14.8 Å². The number of nitrogens with zero attached hydrogens (tertiary/aromatic N) is 4. The number of nitriles is 1. The highest BCUT2D eigenvalue weighted by molar-refractivity contribution is 6.30. The van der Waals surface area contributed by atoms with E-state index in [0.29, 0.717) is 22.2 Å². The van der Waals surface area contributed by atoms with Crippen molar-refractivity contribution < 1.29 is 0 Å². The van der Waals surface area contributed by atoms with Crippen LogP contribution in [-0.4, -0.2) is 14.8 Å². The molecule has 0 radical (unpaired) electrons. The van der Waals surface area contributed by atoms with Gasteiger partial charge >= 0.3 is 0 Å². The lowest BCUT2D eigenvalue weighted by Gasteiger charge is -2.24. The maximum atomic E-state index is 9.30. The van der Waals surface area contributed by atoms with Gasteiger partial charge < -0.3 is 11.1 Å². The Balaban J connectivity index is 2.13. The Morgan fingerprint density at radius 2 is 2.11 bits per heavy atom. The molecule has 0 saturated carbocycles. The number of hydrogen-bond donors (Lipinski definition) is 2. The van der Waals surface area contributed by atoms with Crippen LogP contribution in [0.4, 0.5) is 5.95 Å². The number of rotatable bonds is 1. The van der Waals surface area contributed by atoms with Crippen LogP contribution in [0.15, 0.2) is 36.2 Å². The van der Waals surface area contributed by atoms with Crippen molar-refractivity contribution in [3.63, 3.8) is 0 Å². The Labute approximate surface area is 114 Å². The second-order valence-corrected chi connectivity index (χ2v) is 4.44. The van der Waals surface area contributed by atoms with Crippen molar-refractivity contribution in [2.24, 2.45) is 5.73 Å². The second-order valence-electron chi connectivity index (χ2n) is 4.01. The molecule has 0 unspecified atom stereocenters. The Morgan fingerprint density at radius 3 is 2.79 bits per heavy atom.